The Hall–Kier alpha value is -1.96. The Labute approximate surface area is 225 Å². The first-order valence-electron chi connectivity index (χ1n) is 13.4. The van der Waals surface area contributed by atoms with Crippen LogP contribution in [0.5, 0.6) is 0 Å². The largest absolute Gasteiger partial charge is 0.379 e. The number of hydrogen-bond acceptors (Lipinski definition) is 4. The van der Waals surface area contributed by atoms with Gasteiger partial charge < -0.3 is 19.4 Å². The first kappa shape index (κ1) is 28.1. The Bertz CT molecular complexity index is 1120. The van der Waals surface area contributed by atoms with E-state index in [1.54, 1.807) is 12.1 Å². The molecular weight excluding hydrogens is 489 g/mol. The average Bonchev–Trinajstić information content (AvgIpc) is 3.26. The highest BCUT2D eigenvalue weighted by atomic mass is 35.5. The van der Waals surface area contributed by atoms with E-state index in [1.165, 1.54) is 12.8 Å². The fraction of sp³-hybridized carbons (Fsp3) is 0.533. The second kappa shape index (κ2) is 13.2. The molecule has 1 aliphatic heterocycles. The summed E-state index contributed by atoms with van der Waals surface area (Å²) in [5.41, 5.74) is 3.23. The topological polar surface area (TPSA) is 38.7 Å². The Kier molecular flexibility index (Phi) is 10.0. The molecule has 4 rings (SSSR count). The fourth-order valence-electron chi connectivity index (χ4n) is 5.01. The lowest BCUT2D eigenvalue weighted by Gasteiger charge is -2.40. The number of likely N-dealkylation sites (tertiary alicyclic amines) is 1. The summed E-state index contributed by atoms with van der Waals surface area (Å²) in [6.07, 6.45) is 4.43. The number of hydrogen-bond donors (Lipinski definition) is 1. The smallest absolute Gasteiger partial charge is 0.125 e. The molecule has 7 heteroatoms. The summed E-state index contributed by atoms with van der Waals surface area (Å²) in [5.74, 6) is 0.433. The van der Waals surface area contributed by atoms with Crippen LogP contribution in [0.2, 0.25) is 5.02 Å². The molecule has 1 aromatic heterocycles. The number of aromatic nitrogens is 1. The summed E-state index contributed by atoms with van der Waals surface area (Å²) in [6.45, 7) is 13.8. The highest BCUT2D eigenvalue weighted by Crippen LogP contribution is 2.25. The van der Waals surface area contributed by atoms with Gasteiger partial charge in [-0.25, -0.2) is 4.39 Å². The first-order chi connectivity index (χ1) is 17.8. The van der Waals surface area contributed by atoms with Crippen LogP contribution in [0.15, 0.2) is 48.7 Å². The molecule has 0 aliphatic carbocycles. The van der Waals surface area contributed by atoms with E-state index in [-0.39, 0.29) is 11.4 Å². The number of fused-ring (bicyclic) bond motifs is 1. The molecule has 1 fully saturated rings. The molecule has 1 saturated heterocycles. The van der Waals surface area contributed by atoms with Crippen molar-refractivity contribution in [2.45, 2.75) is 52.2 Å². The Morgan fingerprint density at radius 1 is 1.00 bits per heavy atom. The monoisotopic (exact) mass is 529 g/mol. The predicted octanol–water partition coefficient (Wildman–Crippen LogP) is 6.12. The molecule has 1 N–H and O–H groups in total. The van der Waals surface area contributed by atoms with E-state index >= 15 is 0 Å². The maximum atomic E-state index is 14.4. The summed E-state index contributed by atoms with van der Waals surface area (Å²) in [6, 6.07) is 13.0. The summed E-state index contributed by atoms with van der Waals surface area (Å²) in [4.78, 5) is 2.56. The quantitative estimate of drug-likeness (QED) is 0.287. The van der Waals surface area contributed by atoms with Crippen molar-refractivity contribution in [1.29, 1.82) is 0 Å². The zero-order chi connectivity index (χ0) is 26.3. The van der Waals surface area contributed by atoms with Gasteiger partial charge in [-0.1, -0.05) is 23.7 Å². The van der Waals surface area contributed by atoms with Gasteiger partial charge in [-0.3, -0.25) is 4.90 Å². The van der Waals surface area contributed by atoms with Crippen LogP contribution >= 0.6 is 11.6 Å². The van der Waals surface area contributed by atoms with Gasteiger partial charge in [0.05, 0.1) is 25.3 Å². The molecule has 0 bridgehead atoms. The molecule has 0 unspecified atom stereocenters. The fourth-order valence-corrected chi connectivity index (χ4v) is 5.14. The number of halogens is 2. The summed E-state index contributed by atoms with van der Waals surface area (Å²) in [5, 5.41) is 5.16. The van der Waals surface area contributed by atoms with Crippen LogP contribution < -0.4 is 5.32 Å². The molecule has 0 saturated carbocycles. The summed E-state index contributed by atoms with van der Waals surface area (Å²) in [7, 11) is 0. The zero-order valence-corrected chi connectivity index (χ0v) is 23.2. The van der Waals surface area contributed by atoms with Crippen LogP contribution in [0, 0.1) is 11.7 Å². The van der Waals surface area contributed by atoms with Gasteiger partial charge in [-0.05, 0) is 94.1 Å². The first-order valence-corrected chi connectivity index (χ1v) is 13.8. The number of rotatable bonds is 12. The van der Waals surface area contributed by atoms with Crippen molar-refractivity contribution in [3.8, 4) is 0 Å². The normalized spacial score (nSPS) is 15.6. The van der Waals surface area contributed by atoms with Crippen molar-refractivity contribution < 1.29 is 13.9 Å². The number of nitrogens with one attached hydrogen (secondary N) is 1. The third-order valence-corrected chi connectivity index (χ3v) is 7.48. The molecule has 3 aromatic rings. The third kappa shape index (κ3) is 8.26. The van der Waals surface area contributed by atoms with Crippen LogP contribution in [0.4, 0.5) is 4.39 Å². The van der Waals surface area contributed by atoms with Crippen molar-refractivity contribution in [2.75, 3.05) is 46.1 Å². The van der Waals surface area contributed by atoms with Crippen molar-refractivity contribution in [3.05, 3.63) is 70.6 Å². The minimum absolute atomic E-state index is 0.224. The van der Waals surface area contributed by atoms with Crippen LogP contribution in [0.25, 0.3) is 10.9 Å². The van der Waals surface area contributed by atoms with E-state index in [2.05, 4.69) is 41.6 Å². The molecule has 1 aliphatic rings. The van der Waals surface area contributed by atoms with Crippen LogP contribution in [0.3, 0.4) is 0 Å². The van der Waals surface area contributed by atoms with Crippen molar-refractivity contribution in [3.63, 3.8) is 0 Å². The Morgan fingerprint density at radius 2 is 1.73 bits per heavy atom. The standard InChI is InChI=1S/C30H41ClFN3O2/c1-30(2,3)35-13-8-24(9-14-35)22-37-17-16-36-15-11-33-20-25-18-27(32)19-29-28(25)10-12-34(29)21-23-4-6-26(31)7-5-23/h4-7,10,12,18-19,24,33H,8-9,11,13-17,20-22H2,1-3H3. The number of ether oxygens (including phenoxy) is 2. The van der Waals surface area contributed by atoms with E-state index in [9.17, 15) is 4.39 Å². The van der Waals surface area contributed by atoms with Gasteiger partial charge in [0.15, 0.2) is 0 Å². The van der Waals surface area contributed by atoms with Crippen molar-refractivity contribution >= 4 is 22.5 Å². The van der Waals surface area contributed by atoms with Crippen LogP contribution in [-0.4, -0.2) is 61.1 Å². The molecule has 202 valence electrons. The van der Waals surface area contributed by atoms with Gasteiger partial charge in [0.1, 0.15) is 5.82 Å². The average molecular weight is 530 g/mol. The second-order valence-corrected chi connectivity index (χ2v) is 11.5. The van der Waals surface area contributed by atoms with E-state index < -0.39 is 0 Å². The van der Waals surface area contributed by atoms with Gasteiger partial charge in [0.25, 0.3) is 0 Å². The second-order valence-electron chi connectivity index (χ2n) is 11.0. The molecule has 0 atom stereocenters. The van der Waals surface area contributed by atoms with Gasteiger partial charge in [-0.2, -0.15) is 0 Å². The highest BCUT2D eigenvalue weighted by Gasteiger charge is 2.26. The van der Waals surface area contributed by atoms with E-state index in [0.29, 0.717) is 50.4 Å². The Balaban J connectivity index is 1.13. The van der Waals surface area contributed by atoms with Crippen LogP contribution in [-0.2, 0) is 22.6 Å². The highest BCUT2D eigenvalue weighted by molar-refractivity contribution is 6.30. The number of piperidine rings is 1. The SMILES string of the molecule is CC(C)(C)N1CCC(COCCOCCNCc2cc(F)cc3c2ccn3Cc2ccc(Cl)cc2)CC1. The lowest BCUT2D eigenvalue weighted by atomic mass is 9.94. The zero-order valence-electron chi connectivity index (χ0n) is 22.4. The minimum Gasteiger partial charge on any atom is -0.379 e. The predicted molar refractivity (Wildman–Crippen MR) is 150 cm³/mol. The minimum atomic E-state index is -0.224. The molecular formula is C30H41ClFN3O2. The van der Waals surface area contributed by atoms with Crippen molar-refractivity contribution in [1.82, 2.24) is 14.8 Å². The molecule has 2 heterocycles. The summed E-state index contributed by atoms with van der Waals surface area (Å²) < 4.78 is 28.1. The lowest BCUT2D eigenvalue weighted by molar-refractivity contribution is 0.0119. The molecule has 2 aromatic carbocycles. The molecule has 0 spiro atoms. The van der Waals surface area contributed by atoms with E-state index in [4.69, 9.17) is 21.1 Å². The van der Waals surface area contributed by atoms with E-state index in [1.807, 2.05) is 30.5 Å². The maximum absolute atomic E-state index is 14.4. The molecule has 0 amide bonds. The molecule has 37 heavy (non-hydrogen) atoms. The van der Waals surface area contributed by atoms with E-state index in [0.717, 1.165) is 41.7 Å². The number of benzene rings is 2. The lowest BCUT2D eigenvalue weighted by Crippen LogP contribution is -2.46. The van der Waals surface area contributed by atoms with Gasteiger partial charge in [0, 0.05) is 48.4 Å². The van der Waals surface area contributed by atoms with Gasteiger partial charge >= 0.3 is 0 Å². The molecule has 5 nitrogen and oxygen atoms in total. The summed E-state index contributed by atoms with van der Waals surface area (Å²) >= 11 is 6.00. The third-order valence-electron chi connectivity index (χ3n) is 7.23. The van der Waals surface area contributed by atoms with Crippen LogP contribution in [0.1, 0.15) is 44.7 Å². The van der Waals surface area contributed by atoms with Crippen molar-refractivity contribution in [2.24, 2.45) is 5.92 Å². The van der Waals surface area contributed by atoms with Gasteiger partial charge in [0.2, 0.25) is 0 Å². The maximum Gasteiger partial charge on any atom is 0.125 e. The number of nitrogens with zero attached hydrogens (tertiary/aromatic N) is 2. The van der Waals surface area contributed by atoms with Gasteiger partial charge in [-0.15, -0.1) is 0 Å². The molecule has 0 radical (unpaired) electrons. The Morgan fingerprint density at radius 3 is 2.46 bits per heavy atom.